The summed E-state index contributed by atoms with van der Waals surface area (Å²) in [5, 5.41) is 0. The van der Waals surface area contributed by atoms with Gasteiger partial charge < -0.3 is 8.83 Å². The maximum absolute atomic E-state index is 14.4. The highest BCUT2D eigenvalue weighted by Crippen LogP contribution is 2.30. The number of aromatic nitrogens is 2. The van der Waals surface area contributed by atoms with Gasteiger partial charge in [-0.2, -0.15) is 0 Å². The molecular weight excluding hydrogens is 466 g/mol. The van der Waals surface area contributed by atoms with Gasteiger partial charge in [-0.3, -0.25) is 9.36 Å². The molecule has 37 heavy (non-hydrogen) atoms. The topological polar surface area (TPSA) is 90.6 Å². The van der Waals surface area contributed by atoms with Crippen molar-refractivity contribution in [1.29, 1.82) is 0 Å². The number of hydrogen-bond donors (Lipinski definition) is 0. The first kappa shape index (κ1) is 23.6. The minimum absolute atomic E-state index is 0.0246. The van der Waals surface area contributed by atoms with Crippen molar-refractivity contribution in [3.63, 3.8) is 0 Å². The Balaban J connectivity index is 1.67. The van der Waals surface area contributed by atoms with Gasteiger partial charge in [0.2, 0.25) is 0 Å². The summed E-state index contributed by atoms with van der Waals surface area (Å²) in [5.74, 6) is 0.308. The van der Waals surface area contributed by atoms with E-state index < -0.39 is 5.63 Å². The maximum Gasteiger partial charge on any atom is 0.363 e. The minimum Gasteiger partial charge on any atom is -0.424 e. The lowest BCUT2D eigenvalue weighted by Gasteiger charge is -2.25. The number of hydrogen-bond acceptors (Lipinski definition) is 6. The van der Waals surface area contributed by atoms with Crippen molar-refractivity contribution < 1.29 is 8.83 Å². The molecule has 190 valence electrons. The van der Waals surface area contributed by atoms with Crippen LogP contribution in [0.4, 0.5) is 0 Å². The molecule has 2 saturated carbocycles. The van der Waals surface area contributed by atoms with Crippen molar-refractivity contribution in [2.75, 3.05) is 0 Å². The molecule has 0 atom stereocenters. The molecule has 0 radical (unpaired) electrons. The van der Waals surface area contributed by atoms with Crippen molar-refractivity contribution in [2.45, 2.75) is 76.3 Å². The lowest BCUT2D eigenvalue weighted by Crippen LogP contribution is -2.40. The summed E-state index contributed by atoms with van der Waals surface area (Å²) in [6, 6.07) is 16.6. The predicted molar refractivity (Wildman–Crippen MR) is 142 cm³/mol. The molecular formula is C30H31N3O4. The average Bonchev–Trinajstić information content (AvgIpc) is 2.94. The Morgan fingerprint density at radius 3 is 2.22 bits per heavy atom. The van der Waals surface area contributed by atoms with Gasteiger partial charge in [0.05, 0.1) is 6.04 Å². The molecule has 0 amide bonds. The quantitative estimate of drug-likeness (QED) is 0.344. The third-order valence-corrected chi connectivity index (χ3v) is 7.63. The zero-order valence-electron chi connectivity index (χ0n) is 20.9. The fourth-order valence-electron chi connectivity index (χ4n) is 5.72. The molecule has 2 aromatic heterocycles. The third kappa shape index (κ3) is 4.70. The first-order chi connectivity index (χ1) is 18.2. The molecule has 7 heteroatoms. The zero-order chi connectivity index (χ0) is 25.2. The standard InChI is InChI=1S/C30H31N3O4/c34-28-25(26-29(35)36-24-19-11-10-18-23(24)32-26)27(20-12-4-1-5-13-20)37-30(31-21-14-6-2-7-15-21)33(28)22-16-8-3-9-17-22/h1,4-5,10-13,18-19,21-22H,2-3,6-9,14-17H2. The van der Waals surface area contributed by atoms with Crippen molar-refractivity contribution in [1.82, 2.24) is 9.55 Å². The molecule has 0 aliphatic heterocycles. The van der Waals surface area contributed by atoms with Crippen molar-refractivity contribution in [3.05, 3.63) is 81.1 Å². The Morgan fingerprint density at radius 1 is 0.784 bits per heavy atom. The van der Waals surface area contributed by atoms with Crippen LogP contribution in [0, 0.1) is 0 Å². The summed E-state index contributed by atoms with van der Waals surface area (Å²) in [5.41, 5.74) is 1.11. The van der Waals surface area contributed by atoms with E-state index in [-0.39, 0.29) is 28.9 Å². The van der Waals surface area contributed by atoms with Crippen LogP contribution in [0.15, 0.2) is 78.0 Å². The highest BCUT2D eigenvalue weighted by molar-refractivity contribution is 5.80. The summed E-state index contributed by atoms with van der Waals surface area (Å²) in [7, 11) is 0. The smallest absolute Gasteiger partial charge is 0.363 e. The number of para-hydroxylation sites is 2. The van der Waals surface area contributed by atoms with Crippen LogP contribution in [0.3, 0.4) is 0 Å². The van der Waals surface area contributed by atoms with E-state index in [2.05, 4.69) is 4.98 Å². The SMILES string of the molecule is O=c1oc2ccccc2nc1-c1c(-c2ccccc2)oc(=NC2CCCCC2)n(C2CCCCC2)c1=O. The molecule has 2 aliphatic carbocycles. The van der Waals surface area contributed by atoms with Crippen LogP contribution < -0.4 is 16.9 Å². The van der Waals surface area contributed by atoms with E-state index in [1.165, 1.54) is 6.42 Å². The zero-order valence-corrected chi connectivity index (χ0v) is 20.9. The van der Waals surface area contributed by atoms with Gasteiger partial charge in [0.25, 0.3) is 5.56 Å². The first-order valence-corrected chi connectivity index (χ1v) is 13.5. The fourth-order valence-corrected chi connectivity index (χ4v) is 5.72. The van der Waals surface area contributed by atoms with Gasteiger partial charge in [-0.1, -0.05) is 81.0 Å². The Labute approximate surface area is 214 Å². The van der Waals surface area contributed by atoms with Crippen LogP contribution >= 0.6 is 0 Å². The van der Waals surface area contributed by atoms with Gasteiger partial charge in [-0.25, -0.2) is 14.8 Å². The van der Waals surface area contributed by atoms with E-state index in [1.807, 2.05) is 36.4 Å². The molecule has 2 heterocycles. The first-order valence-electron chi connectivity index (χ1n) is 13.5. The lowest BCUT2D eigenvalue weighted by molar-refractivity contribution is 0.288. The Bertz CT molecular complexity index is 1590. The second kappa shape index (κ2) is 10.3. The molecule has 2 aromatic carbocycles. The van der Waals surface area contributed by atoms with Crippen molar-refractivity contribution in [2.24, 2.45) is 4.99 Å². The van der Waals surface area contributed by atoms with Crippen molar-refractivity contribution in [3.8, 4) is 22.6 Å². The van der Waals surface area contributed by atoms with Crippen LogP contribution in [0.2, 0.25) is 0 Å². The van der Waals surface area contributed by atoms with Crippen LogP contribution in [0.1, 0.15) is 70.3 Å². The molecule has 4 aromatic rings. The van der Waals surface area contributed by atoms with Gasteiger partial charge >= 0.3 is 11.3 Å². The van der Waals surface area contributed by atoms with Crippen LogP contribution in [-0.4, -0.2) is 15.6 Å². The highest BCUT2D eigenvalue weighted by Gasteiger charge is 2.28. The van der Waals surface area contributed by atoms with E-state index in [0.29, 0.717) is 28.1 Å². The van der Waals surface area contributed by atoms with Gasteiger partial charge in [0, 0.05) is 11.6 Å². The number of nitrogens with zero attached hydrogens (tertiary/aromatic N) is 3. The molecule has 7 nitrogen and oxygen atoms in total. The Morgan fingerprint density at radius 2 is 1.46 bits per heavy atom. The largest absolute Gasteiger partial charge is 0.424 e. The second-order valence-corrected chi connectivity index (χ2v) is 10.2. The fraction of sp³-hybridized carbons (Fsp3) is 0.400. The molecule has 2 aliphatic rings. The molecule has 6 rings (SSSR count). The van der Waals surface area contributed by atoms with Crippen molar-refractivity contribution >= 4 is 11.1 Å². The summed E-state index contributed by atoms with van der Waals surface area (Å²) in [6.45, 7) is 0. The third-order valence-electron chi connectivity index (χ3n) is 7.63. The molecule has 0 N–H and O–H groups in total. The lowest BCUT2D eigenvalue weighted by atomic mass is 9.95. The van der Waals surface area contributed by atoms with E-state index in [0.717, 1.165) is 57.8 Å². The molecule has 0 spiro atoms. The van der Waals surface area contributed by atoms with Gasteiger partial charge in [-0.05, 0) is 37.8 Å². The van der Waals surface area contributed by atoms with Gasteiger partial charge in [-0.15, -0.1) is 0 Å². The minimum atomic E-state index is -0.657. The summed E-state index contributed by atoms with van der Waals surface area (Å²) < 4.78 is 13.9. The van der Waals surface area contributed by atoms with Gasteiger partial charge in [0.15, 0.2) is 17.0 Å². The summed E-state index contributed by atoms with van der Waals surface area (Å²) >= 11 is 0. The average molecular weight is 498 g/mol. The second-order valence-electron chi connectivity index (χ2n) is 10.2. The molecule has 2 fully saturated rings. The van der Waals surface area contributed by atoms with Crippen LogP contribution in [-0.2, 0) is 0 Å². The van der Waals surface area contributed by atoms with E-state index in [4.69, 9.17) is 13.8 Å². The molecule has 0 saturated heterocycles. The van der Waals surface area contributed by atoms with E-state index >= 15 is 0 Å². The normalized spacial score (nSPS) is 17.9. The number of rotatable bonds is 4. The monoisotopic (exact) mass is 497 g/mol. The Hall–Kier alpha value is -3.74. The summed E-state index contributed by atoms with van der Waals surface area (Å²) in [6.07, 6.45) is 10.5. The summed E-state index contributed by atoms with van der Waals surface area (Å²) in [4.78, 5) is 37.3. The highest BCUT2D eigenvalue weighted by atomic mass is 16.4. The van der Waals surface area contributed by atoms with Gasteiger partial charge in [0.1, 0.15) is 11.1 Å². The predicted octanol–water partition coefficient (Wildman–Crippen LogP) is 6.02. The van der Waals surface area contributed by atoms with Crippen LogP contribution in [0.25, 0.3) is 33.7 Å². The maximum atomic E-state index is 14.4. The Kier molecular flexibility index (Phi) is 6.60. The van der Waals surface area contributed by atoms with E-state index in [1.54, 1.807) is 22.8 Å². The molecule has 0 bridgehead atoms. The molecule has 0 unspecified atom stereocenters. The number of fused-ring (bicyclic) bond motifs is 1. The van der Waals surface area contributed by atoms with Crippen LogP contribution in [0.5, 0.6) is 0 Å². The van der Waals surface area contributed by atoms with E-state index in [9.17, 15) is 9.59 Å². The number of benzene rings is 2.